The van der Waals surface area contributed by atoms with Crippen LogP contribution in [0.1, 0.15) is 6.42 Å². The molecule has 5 heteroatoms. The van der Waals surface area contributed by atoms with Gasteiger partial charge in [0.25, 0.3) is 0 Å². The molecular formula is C7H17NO3S. The zero-order chi connectivity index (χ0) is 9.03. The van der Waals surface area contributed by atoms with Crippen LogP contribution in [0.5, 0.6) is 0 Å². The minimum atomic E-state index is -2.24. The predicted molar refractivity (Wildman–Crippen MR) is 50.9 cm³/mol. The Hall–Kier alpha value is 0.190. The van der Waals surface area contributed by atoms with E-state index in [1.54, 1.807) is 7.11 Å². The Morgan fingerprint density at radius 3 is 2.83 bits per heavy atom. The molecule has 0 aromatic carbocycles. The van der Waals surface area contributed by atoms with Gasteiger partial charge in [-0.15, -0.1) is 0 Å². The van der Waals surface area contributed by atoms with Crippen LogP contribution >= 0.6 is 10.6 Å². The first-order chi connectivity index (χ1) is 5.64. The molecule has 12 heavy (non-hydrogen) atoms. The van der Waals surface area contributed by atoms with Crippen LogP contribution in [0.2, 0.25) is 0 Å². The van der Waals surface area contributed by atoms with E-state index in [1.807, 2.05) is 0 Å². The molecule has 0 aromatic heterocycles. The molecule has 74 valence electrons. The van der Waals surface area contributed by atoms with Crippen molar-refractivity contribution < 1.29 is 13.8 Å². The van der Waals surface area contributed by atoms with Gasteiger partial charge in [-0.25, -0.2) is 0 Å². The van der Waals surface area contributed by atoms with Gasteiger partial charge in [0.2, 0.25) is 0 Å². The molecule has 3 N–H and O–H groups in total. The van der Waals surface area contributed by atoms with Gasteiger partial charge < -0.3 is 10.1 Å². The number of nitrogens with one attached hydrogen (secondary N) is 1. The highest BCUT2D eigenvalue weighted by Gasteiger charge is 2.27. The molecule has 4 nitrogen and oxygen atoms in total. The van der Waals surface area contributed by atoms with Crippen molar-refractivity contribution >= 4 is 10.6 Å². The quantitative estimate of drug-likeness (QED) is 0.579. The smallest absolute Gasteiger partial charge is 0.0587 e. The van der Waals surface area contributed by atoms with Gasteiger partial charge in [-0.2, -0.15) is 10.6 Å². The van der Waals surface area contributed by atoms with Crippen molar-refractivity contribution in [3.8, 4) is 0 Å². The lowest BCUT2D eigenvalue weighted by Gasteiger charge is -2.26. The fourth-order valence-electron chi connectivity index (χ4n) is 1.35. The second-order valence-electron chi connectivity index (χ2n) is 3.11. The highest BCUT2D eigenvalue weighted by Crippen LogP contribution is 2.45. The molecule has 0 aliphatic carbocycles. The summed E-state index contributed by atoms with van der Waals surface area (Å²) in [6, 6.07) is 0.269. The highest BCUT2D eigenvalue weighted by molar-refractivity contribution is 8.24. The fourth-order valence-corrected chi connectivity index (χ4v) is 3.10. The van der Waals surface area contributed by atoms with Crippen LogP contribution in [0.25, 0.3) is 0 Å². The third-order valence-electron chi connectivity index (χ3n) is 2.00. The molecule has 1 aliphatic rings. The van der Waals surface area contributed by atoms with Crippen molar-refractivity contribution in [3.05, 3.63) is 0 Å². The van der Waals surface area contributed by atoms with E-state index >= 15 is 0 Å². The number of rotatable bonds is 4. The summed E-state index contributed by atoms with van der Waals surface area (Å²) in [4.78, 5) is 0. The third kappa shape index (κ3) is 3.28. The van der Waals surface area contributed by atoms with Gasteiger partial charge in [0.15, 0.2) is 0 Å². The minimum absolute atomic E-state index is 0.269. The van der Waals surface area contributed by atoms with E-state index in [9.17, 15) is 9.11 Å². The van der Waals surface area contributed by atoms with E-state index in [4.69, 9.17) is 4.74 Å². The summed E-state index contributed by atoms with van der Waals surface area (Å²) < 4.78 is 23.5. The summed E-state index contributed by atoms with van der Waals surface area (Å²) in [5.74, 6) is 1.06. The van der Waals surface area contributed by atoms with Crippen LogP contribution in [-0.2, 0) is 4.74 Å². The van der Waals surface area contributed by atoms with Crippen LogP contribution in [0.15, 0.2) is 0 Å². The molecule has 0 saturated carbocycles. The SMILES string of the molecule is COCCNC1CCS(O)(O)C1. The maximum Gasteiger partial charge on any atom is 0.0587 e. The topological polar surface area (TPSA) is 61.7 Å². The molecule has 0 radical (unpaired) electrons. The predicted octanol–water partition coefficient (Wildman–Crippen LogP) is 0.745. The van der Waals surface area contributed by atoms with Crippen LogP contribution < -0.4 is 5.32 Å². The van der Waals surface area contributed by atoms with Crippen molar-refractivity contribution in [3.63, 3.8) is 0 Å². The van der Waals surface area contributed by atoms with Gasteiger partial charge in [-0.3, -0.25) is 9.11 Å². The minimum Gasteiger partial charge on any atom is -0.383 e. The van der Waals surface area contributed by atoms with Crippen molar-refractivity contribution in [2.75, 3.05) is 31.8 Å². The van der Waals surface area contributed by atoms with Crippen LogP contribution in [0.4, 0.5) is 0 Å². The summed E-state index contributed by atoms with van der Waals surface area (Å²) in [5, 5.41) is 3.21. The lowest BCUT2D eigenvalue weighted by atomic mass is 10.3. The van der Waals surface area contributed by atoms with Crippen LogP contribution in [0, 0.1) is 0 Å². The molecule has 1 atom stereocenters. The Morgan fingerprint density at radius 2 is 2.33 bits per heavy atom. The van der Waals surface area contributed by atoms with Gasteiger partial charge >= 0.3 is 0 Å². The van der Waals surface area contributed by atoms with E-state index < -0.39 is 10.6 Å². The molecule has 1 saturated heterocycles. The first kappa shape index (κ1) is 10.3. The van der Waals surface area contributed by atoms with Crippen molar-refractivity contribution in [1.82, 2.24) is 5.32 Å². The maximum atomic E-state index is 9.29. The summed E-state index contributed by atoms with van der Waals surface area (Å²) in [5.41, 5.74) is 0. The van der Waals surface area contributed by atoms with Gasteiger partial charge in [-0.1, -0.05) is 0 Å². The Bertz CT molecular complexity index is 143. The monoisotopic (exact) mass is 195 g/mol. The number of methoxy groups -OCH3 is 1. The molecule has 1 fully saturated rings. The van der Waals surface area contributed by atoms with Gasteiger partial charge in [-0.05, 0) is 6.42 Å². The lowest BCUT2D eigenvalue weighted by Crippen LogP contribution is -2.32. The Morgan fingerprint density at radius 1 is 1.58 bits per heavy atom. The summed E-state index contributed by atoms with van der Waals surface area (Å²) in [6.45, 7) is 1.46. The van der Waals surface area contributed by atoms with Gasteiger partial charge in [0, 0.05) is 25.4 Å². The van der Waals surface area contributed by atoms with E-state index in [0.717, 1.165) is 13.0 Å². The number of ether oxygens (including phenoxy) is 1. The zero-order valence-electron chi connectivity index (χ0n) is 7.32. The molecule has 0 spiro atoms. The number of hydrogen-bond acceptors (Lipinski definition) is 4. The van der Waals surface area contributed by atoms with Crippen LogP contribution in [-0.4, -0.2) is 46.9 Å². The molecule has 0 aromatic rings. The maximum absolute atomic E-state index is 9.29. The standard InChI is InChI=1S/C7H17NO3S/c1-11-4-3-8-7-2-5-12(9,10)6-7/h7-10H,2-6H2,1H3. The largest absolute Gasteiger partial charge is 0.383 e. The molecule has 0 amide bonds. The molecule has 1 heterocycles. The number of hydrogen-bond donors (Lipinski definition) is 3. The first-order valence-corrected chi connectivity index (χ1v) is 5.98. The van der Waals surface area contributed by atoms with E-state index in [1.165, 1.54) is 0 Å². The highest BCUT2D eigenvalue weighted by atomic mass is 32.3. The van der Waals surface area contributed by atoms with E-state index in [-0.39, 0.29) is 6.04 Å². The Kier molecular flexibility index (Phi) is 3.79. The van der Waals surface area contributed by atoms with E-state index in [2.05, 4.69) is 5.32 Å². The van der Waals surface area contributed by atoms with Crippen molar-refractivity contribution in [2.45, 2.75) is 12.5 Å². The fraction of sp³-hybridized carbons (Fsp3) is 1.00. The average molecular weight is 195 g/mol. The Labute approximate surface area is 74.7 Å². The van der Waals surface area contributed by atoms with Crippen molar-refractivity contribution in [1.29, 1.82) is 0 Å². The molecule has 1 rings (SSSR count). The molecule has 0 bridgehead atoms. The second kappa shape index (κ2) is 4.43. The molecule has 1 unspecified atom stereocenters. The summed E-state index contributed by atoms with van der Waals surface area (Å²) in [7, 11) is -0.579. The average Bonchev–Trinajstić information content (AvgIpc) is 2.31. The van der Waals surface area contributed by atoms with Crippen molar-refractivity contribution in [2.24, 2.45) is 0 Å². The molecular weight excluding hydrogens is 178 g/mol. The zero-order valence-corrected chi connectivity index (χ0v) is 8.14. The second-order valence-corrected chi connectivity index (χ2v) is 5.45. The van der Waals surface area contributed by atoms with Crippen LogP contribution in [0.3, 0.4) is 0 Å². The normalized spacial score (nSPS) is 30.4. The van der Waals surface area contributed by atoms with E-state index in [0.29, 0.717) is 18.1 Å². The van der Waals surface area contributed by atoms with Gasteiger partial charge in [0.05, 0.1) is 12.4 Å². The Balaban J connectivity index is 2.11. The third-order valence-corrected chi connectivity index (χ3v) is 3.83. The summed E-state index contributed by atoms with van der Waals surface area (Å²) in [6.07, 6.45) is 0.867. The lowest BCUT2D eigenvalue weighted by molar-refractivity contribution is 0.196. The summed E-state index contributed by atoms with van der Waals surface area (Å²) >= 11 is 0. The first-order valence-electron chi connectivity index (χ1n) is 4.10. The molecule has 1 aliphatic heterocycles. The van der Waals surface area contributed by atoms with Gasteiger partial charge in [0.1, 0.15) is 0 Å².